The molecule has 92 valence electrons. The van der Waals surface area contributed by atoms with Crippen molar-refractivity contribution in [2.24, 2.45) is 0 Å². The third kappa shape index (κ3) is 2.63. The fourth-order valence-electron chi connectivity index (χ4n) is 1.85. The maximum Gasteiger partial charge on any atom is 0.273 e. The lowest BCUT2D eigenvalue weighted by Crippen LogP contribution is -2.50. The molecule has 1 aliphatic heterocycles. The van der Waals surface area contributed by atoms with Gasteiger partial charge in [-0.15, -0.1) is 0 Å². The minimum absolute atomic E-state index is 0.0300. The van der Waals surface area contributed by atoms with Crippen molar-refractivity contribution in [1.29, 1.82) is 0 Å². The fraction of sp³-hybridized carbons (Fsp3) is 0.545. The molecule has 0 aromatic carbocycles. The maximum atomic E-state index is 12.1. The predicted molar refractivity (Wildman–Crippen MR) is 65.0 cm³/mol. The van der Waals surface area contributed by atoms with Gasteiger partial charge in [0.25, 0.3) is 5.91 Å². The Bertz CT molecular complexity index is 436. The van der Waals surface area contributed by atoms with Gasteiger partial charge in [0.15, 0.2) is 0 Å². The molecule has 2 heterocycles. The molecule has 0 radical (unpaired) electrons. The normalized spacial score (nSPS) is 16.1. The highest BCUT2D eigenvalue weighted by Crippen LogP contribution is 2.12. The summed E-state index contributed by atoms with van der Waals surface area (Å²) in [5.41, 5.74) is 0.517. The second-order valence-corrected chi connectivity index (χ2v) is 5.13. The Balaban J connectivity index is 1.97. The van der Waals surface area contributed by atoms with Gasteiger partial charge in [0.05, 0.1) is 0 Å². The van der Waals surface area contributed by atoms with Crippen LogP contribution >= 0.6 is 11.5 Å². The summed E-state index contributed by atoms with van der Waals surface area (Å²) in [6, 6.07) is 1.81. The van der Waals surface area contributed by atoms with Crippen LogP contribution in [-0.2, 0) is 4.79 Å². The first-order chi connectivity index (χ1) is 8.08. The van der Waals surface area contributed by atoms with E-state index in [0.29, 0.717) is 31.9 Å². The van der Waals surface area contributed by atoms with E-state index < -0.39 is 0 Å². The second-order valence-electron chi connectivity index (χ2n) is 4.12. The number of aryl methyl sites for hydroxylation is 1. The predicted octanol–water partition coefficient (Wildman–Crippen LogP) is 0.756. The number of amides is 2. The molecule has 0 aliphatic carbocycles. The summed E-state index contributed by atoms with van der Waals surface area (Å²) in [6.07, 6.45) is 0. The van der Waals surface area contributed by atoms with E-state index in [4.69, 9.17) is 0 Å². The Kier molecular flexibility index (Phi) is 3.42. The Morgan fingerprint density at radius 3 is 2.29 bits per heavy atom. The summed E-state index contributed by atoms with van der Waals surface area (Å²) in [7, 11) is 0. The van der Waals surface area contributed by atoms with E-state index in [-0.39, 0.29) is 11.8 Å². The molecule has 1 aliphatic rings. The molecule has 2 rings (SSSR count). The first kappa shape index (κ1) is 12.0. The molecule has 2 amide bonds. The first-order valence-corrected chi connectivity index (χ1v) is 6.33. The van der Waals surface area contributed by atoms with Crippen LogP contribution in [0.25, 0.3) is 0 Å². The Morgan fingerprint density at radius 2 is 1.82 bits per heavy atom. The molecule has 0 unspecified atom stereocenters. The molecule has 5 nitrogen and oxygen atoms in total. The Labute approximate surface area is 104 Å². The number of rotatable bonds is 1. The van der Waals surface area contributed by atoms with Crippen LogP contribution in [0.2, 0.25) is 0 Å². The standard InChI is InChI=1S/C11H15N3O2S/c1-8-7-10(12-17-8)11(16)14-5-3-13(4-6-14)9(2)15/h7H,3-6H2,1-2H3. The van der Waals surface area contributed by atoms with Crippen molar-refractivity contribution in [2.75, 3.05) is 26.2 Å². The van der Waals surface area contributed by atoms with Gasteiger partial charge < -0.3 is 9.80 Å². The van der Waals surface area contributed by atoms with Gasteiger partial charge in [0.2, 0.25) is 5.91 Å². The van der Waals surface area contributed by atoms with Crippen LogP contribution < -0.4 is 0 Å². The van der Waals surface area contributed by atoms with Crippen LogP contribution in [0.5, 0.6) is 0 Å². The molecule has 1 saturated heterocycles. The third-order valence-electron chi connectivity index (χ3n) is 2.86. The summed E-state index contributed by atoms with van der Waals surface area (Å²) in [4.78, 5) is 27.8. The molecule has 0 atom stereocenters. The number of piperazine rings is 1. The van der Waals surface area contributed by atoms with E-state index >= 15 is 0 Å². The molecule has 17 heavy (non-hydrogen) atoms. The number of nitrogens with zero attached hydrogens (tertiary/aromatic N) is 3. The molecule has 0 bridgehead atoms. The van der Waals surface area contributed by atoms with Gasteiger partial charge in [-0.2, -0.15) is 4.37 Å². The van der Waals surface area contributed by atoms with E-state index in [1.165, 1.54) is 11.5 Å². The molecule has 0 N–H and O–H groups in total. The molecular weight excluding hydrogens is 238 g/mol. The molecule has 1 aromatic heterocycles. The molecule has 0 spiro atoms. The zero-order valence-electron chi connectivity index (χ0n) is 9.97. The topological polar surface area (TPSA) is 53.5 Å². The number of carbonyl (C=O) groups excluding carboxylic acids is 2. The zero-order chi connectivity index (χ0) is 12.4. The average molecular weight is 253 g/mol. The average Bonchev–Trinajstić information content (AvgIpc) is 2.75. The van der Waals surface area contributed by atoms with Gasteiger partial charge in [0.1, 0.15) is 5.69 Å². The number of hydrogen-bond donors (Lipinski definition) is 0. The molecule has 1 aromatic rings. The SMILES string of the molecule is CC(=O)N1CCN(C(=O)c2cc(C)sn2)CC1. The van der Waals surface area contributed by atoms with Crippen LogP contribution in [0.15, 0.2) is 6.07 Å². The molecule has 0 saturated carbocycles. The monoisotopic (exact) mass is 253 g/mol. The molecule has 1 fully saturated rings. The summed E-state index contributed by atoms with van der Waals surface area (Å²) < 4.78 is 4.11. The van der Waals surface area contributed by atoms with Crippen LogP contribution in [0, 0.1) is 6.92 Å². The second kappa shape index (κ2) is 4.83. The van der Waals surface area contributed by atoms with Crippen molar-refractivity contribution in [3.63, 3.8) is 0 Å². The summed E-state index contributed by atoms with van der Waals surface area (Å²) in [5.74, 6) is 0.0409. The van der Waals surface area contributed by atoms with E-state index in [9.17, 15) is 9.59 Å². The largest absolute Gasteiger partial charge is 0.339 e. The minimum atomic E-state index is -0.0300. The highest BCUT2D eigenvalue weighted by molar-refractivity contribution is 7.05. The number of carbonyl (C=O) groups is 2. The lowest BCUT2D eigenvalue weighted by Gasteiger charge is -2.33. The van der Waals surface area contributed by atoms with Crippen LogP contribution in [0.4, 0.5) is 0 Å². The van der Waals surface area contributed by atoms with Gasteiger partial charge in [-0.05, 0) is 24.5 Å². The lowest BCUT2D eigenvalue weighted by molar-refractivity contribution is -0.130. The third-order valence-corrected chi connectivity index (χ3v) is 3.55. The van der Waals surface area contributed by atoms with Gasteiger partial charge in [0, 0.05) is 38.0 Å². The minimum Gasteiger partial charge on any atom is -0.339 e. The summed E-state index contributed by atoms with van der Waals surface area (Å²) in [5, 5.41) is 0. The van der Waals surface area contributed by atoms with Crippen molar-refractivity contribution < 1.29 is 9.59 Å². The van der Waals surface area contributed by atoms with Crippen LogP contribution in [-0.4, -0.2) is 52.2 Å². The summed E-state index contributed by atoms with van der Waals surface area (Å²) in [6.45, 7) is 5.90. The van der Waals surface area contributed by atoms with E-state index in [0.717, 1.165) is 4.88 Å². The van der Waals surface area contributed by atoms with Crippen molar-refractivity contribution >= 4 is 23.3 Å². The quantitative estimate of drug-likeness (QED) is 0.742. The maximum absolute atomic E-state index is 12.1. The Hall–Kier alpha value is -1.43. The molecule has 6 heteroatoms. The van der Waals surface area contributed by atoms with Gasteiger partial charge in [-0.3, -0.25) is 9.59 Å². The highest BCUT2D eigenvalue weighted by atomic mass is 32.1. The number of aromatic nitrogens is 1. The summed E-state index contributed by atoms with van der Waals surface area (Å²) >= 11 is 1.34. The highest BCUT2D eigenvalue weighted by Gasteiger charge is 2.24. The van der Waals surface area contributed by atoms with Gasteiger partial charge >= 0.3 is 0 Å². The van der Waals surface area contributed by atoms with Crippen LogP contribution in [0.1, 0.15) is 22.3 Å². The zero-order valence-corrected chi connectivity index (χ0v) is 10.8. The van der Waals surface area contributed by atoms with Crippen molar-refractivity contribution in [3.05, 3.63) is 16.6 Å². The number of hydrogen-bond acceptors (Lipinski definition) is 4. The smallest absolute Gasteiger partial charge is 0.273 e. The first-order valence-electron chi connectivity index (χ1n) is 5.56. The van der Waals surface area contributed by atoms with Crippen molar-refractivity contribution in [1.82, 2.24) is 14.2 Å². The molecular formula is C11H15N3O2S. The van der Waals surface area contributed by atoms with Crippen molar-refractivity contribution in [2.45, 2.75) is 13.8 Å². The Morgan fingerprint density at radius 1 is 1.24 bits per heavy atom. The van der Waals surface area contributed by atoms with Crippen molar-refractivity contribution in [3.8, 4) is 0 Å². The van der Waals surface area contributed by atoms with E-state index in [1.54, 1.807) is 16.7 Å². The van der Waals surface area contributed by atoms with E-state index in [2.05, 4.69) is 4.37 Å². The lowest BCUT2D eigenvalue weighted by atomic mass is 10.2. The van der Waals surface area contributed by atoms with Gasteiger partial charge in [-0.25, -0.2) is 0 Å². The fourth-order valence-corrected chi connectivity index (χ4v) is 2.39. The van der Waals surface area contributed by atoms with Crippen LogP contribution in [0.3, 0.4) is 0 Å². The van der Waals surface area contributed by atoms with E-state index in [1.807, 2.05) is 13.0 Å². The van der Waals surface area contributed by atoms with Gasteiger partial charge in [-0.1, -0.05) is 0 Å².